The molecule has 0 amide bonds. The van der Waals surface area contributed by atoms with Gasteiger partial charge in [0.2, 0.25) is 5.89 Å². The molecular weight excluding hydrogens is 152 g/mol. The Morgan fingerprint density at radius 1 is 1.67 bits per heavy atom. The first-order valence-electron chi connectivity index (χ1n) is 4.55. The Hall–Kier alpha value is -0.830. The van der Waals surface area contributed by atoms with Gasteiger partial charge in [0.1, 0.15) is 5.76 Å². The van der Waals surface area contributed by atoms with Gasteiger partial charge in [0.05, 0.1) is 12.7 Å². The second kappa shape index (κ2) is 3.27. The van der Waals surface area contributed by atoms with Crippen molar-refractivity contribution in [3.05, 3.63) is 17.8 Å². The van der Waals surface area contributed by atoms with Crippen LogP contribution >= 0.6 is 0 Å². The van der Waals surface area contributed by atoms with Crippen molar-refractivity contribution in [3.8, 4) is 0 Å². The fourth-order valence-corrected chi connectivity index (χ4v) is 1.11. The predicted octanol–water partition coefficient (Wildman–Crippen LogP) is 1.49. The van der Waals surface area contributed by atoms with Crippen LogP contribution in [0, 0.1) is 0 Å². The first kappa shape index (κ1) is 7.80. The summed E-state index contributed by atoms with van der Waals surface area (Å²) in [4.78, 5) is 4.16. The summed E-state index contributed by atoms with van der Waals surface area (Å²) in [5.41, 5.74) is 0. The van der Waals surface area contributed by atoms with Gasteiger partial charge in [-0.3, -0.25) is 0 Å². The van der Waals surface area contributed by atoms with Gasteiger partial charge >= 0.3 is 0 Å². The lowest BCUT2D eigenvalue weighted by molar-refractivity contribution is 0.438. The third kappa shape index (κ3) is 1.85. The topological polar surface area (TPSA) is 38.1 Å². The van der Waals surface area contributed by atoms with Crippen LogP contribution in [-0.4, -0.2) is 11.0 Å². The van der Waals surface area contributed by atoms with E-state index in [1.165, 1.54) is 12.8 Å². The highest BCUT2D eigenvalue weighted by Gasteiger charge is 2.20. The molecule has 1 heterocycles. The van der Waals surface area contributed by atoms with E-state index in [1.54, 1.807) is 0 Å². The number of rotatable bonds is 4. The minimum Gasteiger partial charge on any atom is -0.444 e. The minimum atomic E-state index is 0.724. The predicted molar refractivity (Wildman–Crippen MR) is 45.7 cm³/mol. The Kier molecular flexibility index (Phi) is 2.13. The molecule has 1 aromatic rings. The van der Waals surface area contributed by atoms with Crippen molar-refractivity contribution in [1.82, 2.24) is 10.3 Å². The van der Waals surface area contributed by atoms with Crippen molar-refractivity contribution in [2.24, 2.45) is 0 Å². The Labute approximate surface area is 72.2 Å². The summed E-state index contributed by atoms with van der Waals surface area (Å²) in [6.07, 6.45) is 5.35. The zero-order valence-electron chi connectivity index (χ0n) is 7.34. The molecule has 0 aliphatic heterocycles. The fourth-order valence-electron chi connectivity index (χ4n) is 1.11. The third-order valence-electron chi connectivity index (χ3n) is 2.07. The summed E-state index contributed by atoms with van der Waals surface area (Å²) in [6.45, 7) is 2.85. The van der Waals surface area contributed by atoms with Crippen molar-refractivity contribution in [2.75, 3.05) is 0 Å². The number of nitrogens with one attached hydrogen (secondary N) is 1. The van der Waals surface area contributed by atoms with Crippen molar-refractivity contribution in [1.29, 1.82) is 0 Å². The second-order valence-corrected chi connectivity index (χ2v) is 3.23. The van der Waals surface area contributed by atoms with Gasteiger partial charge in [-0.05, 0) is 12.8 Å². The van der Waals surface area contributed by atoms with Gasteiger partial charge in [0, 0.05) is 12.5 Å². The molecule has 1 aromatic heterocycles. The summed E-state index contributed by atoms with van der Waals surface area (Å²) >= 11 is 0. The van der Waals surface area contributed by atoms with Crippen molar-refractivity contribution >= 4 is 0 Å². The van der Waals surface area contributed by atoms with Crippen molar-refractivity contribution in [3.63, 3.8) is 0 Å². The quantitative estimate of drug-likeness (QED) is 0.736. The number of hydrogen-bond acceptors (Lipinski definition) is 3. The molecule has 2 rings (SSSR count). The van der Waals surface area contributed by atoms with Crippen LogP contribution in [0.15, 0.2) is 10.6 Å². The molecule has 1 aliphatic rings. The number of hydrogen-bond donors (Lipinski definition) is 1. The average Bonchev–Trinajstić information content (AvgIpc) is 2.81. The molecule has 0 atom stereocenters. The van der Waals surface area contributed by atoms with E-state index in [1.807, 2.05) is 6.20 Å². The van der Waals surface area contributed by atoms with Crippen LogP contribution in [0.1, 0.15) is 31.4 Å². The Balaban J connectivity index is 1.84. The maximum atomic E-state index is 5.44. The van der Waals surface area contributed by atoms with E-state index in [4.69, 9.17) is 4.42 Å². The molecule has 1 saturated carbocycles. The fraction of sp³-hybridized carbons (Fsp3) is 0.667. The van der Waals surface area contributed by atoms with Crippen molar-refractivity contribution in [2.45, 2.75) is 38.8 Å². The zero-order chi connectivity index (χ0) is 8.39. The molecule has 12 heavy (non-hydrogen) atoms. The van der Waals surface area contributed by atoms with Crippen LogP contribution in [0.2, 0.25) is 0 Å². The van der Waals surface area contributed by atoms with Crippen LogP contribution in [-0.2, 0) is 13.0 Å². The lowest BCUT2D eigenvalue weighted by Crippen LogP contribution is -2.15. The average molecular weight is 166 g/mol. The molecule has 0 unspecified atom stereocenters. The zero-order valence-corrected chi connectivity index (χ0v) is 7.34. The number of aryl methyl sites for hydroxylation is 1. The Morgan fingerprint density at radius 2 is 2.50 bits per heavy atom. The molecule has 1 aliphatic carbocycles. The van der Waals surface area contributed by atoms with Crippen LogP contribution in [0.25, 0.3) is 0 Å². The van der Waals surface area contributed by atoms with E-state index >= 15 is 0 Å². The second-order valence-electron chi connectivity index (χ2n) is 3.23. The van der Waals surface area contributed by atoms with E-state index < -0.39 is 0 Å². The van der Waals surface area contributed by atoms with Gasteiger partial charge in [0.25, 0.3) is 0 Å². The summed E-state index contributed by atoms with van der Waals surface area (Å²) < 4.78 is 5.44. The van der Waals surface area contributed by atoms with E-state index in [0.29, 0.717) is 0 Å². The molecule has 0 aromatic carbocycles. The first-order chi connectivity index (χ1) is 5.88. The first-order valence-corrected chi connectivity index (χ1v) is 4.55. The van der Waals surface area contributed by atoms with E-state index in [9.17, 15) is 0 Å². The molecule has 66 valence electrons. The highest BCUT2D eigenvalue weighted by atomic mass is 16.4. The van der Waals surface area contributed by atoms with E-state index in [-0.39, 0.29) is 0 Å². The molecule has 0 radical (unpaired) electrons. The van der Waals surface area contributed by atoms with Gasteiger partial charge in [0.15, 0.2) is 0 Å². The summed E-state index contributed by atoms with van der Waals surface area (Å²) in [6, 6.07) is 0.724. The number of aromatic nitrogens is 1. The smallest absolute Gasteiger partial charge is 0.208 e. The standard InChI is InChI=1S/C9H14N2O/c1-2-8-5-11-9(12-8)6-10-7-3-4-7/h5,7,10H,2-4,6H2,1H3. The summed E-state index contributed by atoms with van der Waals surface area (Å²) in [5, 5.41) is 3.35. The van der Waals surface area contributed by atoms with Gasteiger partial charge in [-0.1, -0.05) is 6.92 Å². The molecular formula is C9H14N2O. The lowest BCUT2D eigenvalue weighted by atomic mass is 10.4. The van der Waals surface area contributed by atoms with E-state index in [0.717, 1.165) is 30.7 Å². The summed E-state index contributed by atoms with van der Waals surface area (Å²) in [7, 11) is 0. The van der Waals surface area contributed by atoms with Gasteiger partial charge in [-0.15, -0.1) is 0 Å². The highest BCUT2D eigenvalue weighted by Crippen LogP contribution is 2.19. The third-order valence-corrected chi connectivity index (χ3v) is 2.07. The molecule has 1 N–H and O–H groups in total. The molecule has 3 heteroatoms. The Morgan fingerprint density at radius 3 is 3.08 bits per heavy atom. The molecule has 3 nitrogen and oxygen atoms in total. The minimum absolute atomic E-state index is 0.724. The monoisotopic (exact) mass is 166 g/mol. The van der Waals surface area contributed by atoms with E-state index in [2.05, 4.69) is 17.2 Å². The Bertz CT molecular complexity index is 253. The number of nitrogens with zero attached hydrogens (tertiary/aromatic N) is 1. The maximum absolute atomic E-state index is 5.44. The van der Waals surface area contributed by atoms with Crippen molar-refractivity contribution < 1.29 is 4.42 Å². The van der Waals surface area contributed by atoms with Crippen LogP contribution in [0.3, 0.4) is 0 Å². The van der Waals surface area contributed by atoms with Gasteiger partial charge in [-0.2, -0.15) is 0 Å². The largest absolute Gasteiger partial charge is 0.444 e. The number of oxazole rings is 1. The maximum Gasteiger partial charge on any atom is 0.208 e. The molecule has 0 spiro atoms. The van der Waals surface area contributed by atoms with Gasteiger partial charge < -0.3 is 9.73 Å². The molecule has 1 fully saturated rings. The normalized spacial score (nSPS) is 16.8. The molecule has 0 bridgehead atoms. The van der Waals surface area contributed by atoms with Crippen LogP contribution in [0.5, 0.6) is 0 Å². The molecule has 0 saturated heterocycles. The van der Waals surface area contributed by atoms with Crippen LogP contribution in [0.4, 0.5) is 0 Å². The van der Waals surface area contributed by atoms with Gasteiger partial charge in [-0.25, -0.2) is 4.98 Å². The summed E-state index contributed by atoms with van der Waals surface area (Å²) in [5.74, 6) is 1.79. The van der Waals surface area contributed by atoms with Crippen LogP contribution < -0.4 is 5.32 Å². The SMILES string of the molecule is CCc1cnc(CNC2CC2)o1. The highest BCUT2D eigenvalue weighted by molar-refractivity contribution is 4.94. The lowest BCUT2D eigenvalue weighted by Gasteiger charge is -1.96.